The molecule has 4 aromatic carbocycles. The van der Waals surface area contributed by atoms with Gasteiger partial charge in [0.15, 0.2) is 0 Å². The van der Waals surface area contributed by atoms with E-state index in [1.54, 1.807) is 13.8 Å². The second-order valence-electron chi connectivity index (χ2n) is 5.32. The van der Waals surface area contributed by atoms with Gasteiger partial charge in [-0.25, -0.2) is 0 Å². The summed E-state index contributed by atoms with van der Waals surface area (Å²) in [5.74, 6) is 0. The molecule has 0 saturated carbocycles. The number of aryl methyl sites for hydroxylation is 2. The second kappa shape index (κ2) is 19.6. The van der Waals surface area contributed by atoms with E-state index < -0.39 is 0 Å². The molecule has 0 aliphatic rings. The molecule has 4 aromatic rings. The zero-order chi connectivity index (χ0) is 19.9. The Morgan fingerprint density at radius 1 is 0.643 bits per heavy atom. The molecule has 152 valence electrons. The molecule has 0 saturated heterocycles. The molecule has 0 aliphatic heterocycles. The molecule has 28 heavy (non-hydrogen) atoms. The fourth-order valence-corrected chi connectivity index (χ4v) is 2.61. The van der Waals surface area contributed by atoms with Crippen LogP contribution in [0.1, 0.15) is 25.0 Å². The molecule has 0 fully saturated rings. The SMILES string of the molecule is Cc1cc2ccccc2[cH-]1.Cc1cc2ccccc2[cH-]1.Cl.Cl.[CH2-]C.[CH2-]C.[Si]=[Zr]. The Kier molecular flexibility index (Phi) is 22.5. The predicted molar refractivity (Wildman–Crippen MR) is 131 cm³/mol. The predicted octanol–water partition coefficient (Wildman–Crippen LogP) is 7.88. The zero-order valence-corrected chi connectivity index (χ0v) is 22.2. The van der Waals surface area contributed by atoms with Gasteiger partial charge in [0.05, 0.1) is 0 Å². The van der Waals surface area contributed by atoms with Crippen molar-refractivity contribution < 1.29 is 23.3 Å². The summed E-state index contributed by atoms with van der Waals surface area (Å²) in [6, 6.07) is 25.7. The summed E-state index contributed by atoms with van der Waals surface area (Å²) in [7, 11) is 0. The van der Waals surface area contributed by atoms with Crippen LogP contribution in [0.2, 0.25) is 0 Å². The fourth-order valence-electron chi connectivity index (χ4n) is 2.61. The van der Waals surface area contributed by atoms with Crippen molar-refractivity contribution in [3.05, 3.63) is 97.8 Å². The van der Waals surface area contributed by atoms with E-state index in [4.69, 9.17) is 0 Å². The van der Waals surface area contributed by atoms with E-state index >= 15 is 0 Å². The third-order valence-corrected chi connectivity index (χ3v) is 3.52. The molecule has 4 heteroatoms. The van der Waals surface area contributed by atoms with Gasteiger partial charge in [-0.2, -0.15) is 26.0 Å². The van der Waals surface area contributed by atoms with Crippen molar-refractivity contribution >= 4 is 53.2 Å². The van der Waals surface area contributed by atoms with Crippen molar-refractivity contribution in [2.75, 3.05) is 0 Å². The van der Waals surface area contributed by atoms with E-state index in [1.807, 2.05) is 0 Å². The molecular weight excluding hydrogens is 478 g/mol. The second-order valence-corrected chi connectivity index (χ2v) is 5.32. The van der Waals surface area contributed by atoms with Crippen molar-refractivity contribution in [2.45, 2.75) is 27.7 Å². The zero-order valence-electron chi connectivity index (χ0n) is 17.2. The van der Waals surface area contributed by atoms with Gasteiger partial charge in [-0.1, -0.05) is 26.0 Å². The van der Waals surface area contributed by atoms with Crippen molar-refractivity contribution in [2.24, 2.45) is 0 Å². The van der Waals surface area contributed by atoms with E-state index in [0.29, 0.717) is 0 Å². The first kappa shape index (κ1) is 32.0. The minimum atomic E-state index is 0. The summed E-state index contributed by atoms with van der Waals surface area (Å²) in [6.07, 6.45) is 0. The molecule has 2 radical (unpaired) electrons. The number of halogens is 2. The van der Waals surface area contributed by atoms with Crippen molar-refractivity contribution in [1.29, 1.82) is 0 Å². The fraction of sp³-hybridized carbons (Fsp3) is 0.167. The Hall–Kier alpha value is -0.660. The molecule has 0 amide bonds. The molecular formula is C24H30Cl2SiZr-4. The van der Waals surface area contributed by atoms with Crippen molar-refractivity contribution in [3.63, 3.8) is 0 Å². The maximum atomic E-state index is 3.25. The topological polar surface area (TPSA) is 0 Å². The third kappa shape index (κ3) is 10.8. The van der Waals surface area contributed by atoms with E-state index in [1.165, 1.54) is 56.0 Å². The van der Waals surface area contributed by atoms with Crippen molar-refractivity contribution in [1.82, 2.24) is 0 Å². The van der Waals surface area contributed by atoms with Gasteiger partial charge >= 0.3 is 30.2 Å². The van der Waals surface area contributed by atoms with Crippen LogP contribution in [0.4, 0.5) is 0 Å². The van der Waals surface area contributed by atoms with Crippen LogP contribution in [-0.2, 0) is 23.3 Å². The summed E-state index contributed by atoms with van der Waals surface area (Å²) in [5.41, 5.74) is 2.70. The number of benzene rings is 2. The van der Waals surface area contributed by atoms with E-state index in [-0.39, 0.29) is 24.8 Å². The van der Waals surface area contributed by atoms with E-state index in [0.717, 1.165) is 0 Å². The van der Waals surface area contributed by atoms with Gasteiger partial charge in [0.25, 0.3) is 0 Å². The van der Waals surface area contributed by atoms with Crippen LogP contribution in [0.15, 0.2) is 72.8 Å². The standard InChI is InChI=1S/2C10H9.2C2H5.2ClH.Si.Zr/c2*1-8-6-9-4-2-3-5-10(9)7-8;2*1-2;;;;/h2*2-7H,1H3;2*1H2,2H3;2*1H;;/q4*-1;;;;. The van der Waals surface area contributed by atoms with Gasteiger partial charge in [0.1, 0.15) is 0 Å². The summed E-state index contributed by atoms with van der Waals surface area (Å²) in [4.78, 5) is 0. The average molecular weight is 509 g/mol. The van der Waals surface area contributed by atoms with Gasteiger partial charge in [-0.3, -0.25) is 0 Å². The molecule has 0 heterocycles. The number of hydrogen-bond acceptors (Lipinski definition) is 0. The molecule has 0 unspecified atom stereocenters. The summed E-state index contributed by atoms with van der Waals surface area (Å²) in [5, 5.41) is 5.39. The molecule has 0 aromatic heterocycles. The Labute approximate surface area is 200 Å². The first-order chi connectivity index (χ1) is 12.7. The minimum absolute atomic E-state index is 0. The Bertz CT molecular complexity index is 727. The van der Waals surface area contributed by atoms with Gasteiger partial charge in [0, 0.05) is 0 Å². The quantitative estimate of drug-likeness (QED) is 0.167. The molecule has 0 spiro atoms. The van der Waals surface area contributed by atoms with Gasteiger partial charge in [0.2, 0.25) is 0 Å². The third-order valence-electron chi connectivity index (χ3n) is 3.52. The Balaban J connectivity index is -0.000000334. The van der Waals surface area contributed by atoms with Crippen LogP contribution in [-0.4, -0.2) is 6.88 Å². The first-order valence-corrected chi connectivity index (χ1v) is 12.8. The number of hydrogen-bond donors (Lipinski definition) is 0. The van der Waals surface area contributed by atoms with Crippen LogP contribution in [0, 0.1) is 27.7 Å². The van der Waals surface area contributed by atoms with Crippen LogP contribution < -0.4 is 0 Å². The molecule has 0 nitrogen and oxygen atoms in total. The molecule has 0 bridgehead atoms. The summed E-state index contributed by atoms with van der Waals surface area (Å²) >= 11 is 1.36. The normalized spacial score (nSPS) is 8.04. The van der Waals surface area contributed by atoms with Crippen LogP contribution in [0.25, 0.3) is 21.5 Å². The molecule has 0 aliphatic carbocycles. The number of fused-ring (bicyclic) bond motifs is 2. The molecule has 0 atom stereocenters. The maximum absolute atomic E-state index is 3.25. The average Bonchev–Trinajstić information content (AvgIpc) is 3.27. The monoisotopic (exact) mass is 506 g/mol. The summed E-state index contributed by atoms with van der Waals surface area (Å²) < 4.78 is 0. The van der Waals surface area contributed by atoms with Gasteiger partial charge in [-0.15, -0.1) is 106 Å². The Morgan fingerprint density at radius 2 is 0.929 bits per heavy atom. The first-order valence-electron chi connectivity index (χ1n) is 8.63. The van der Waals surface area contributed by atoms with E-state index in [2.05, 4.69) is 107 Å². The Morgan fingerprint density at radius 3 is 1.21 bits per heavy atom. The number of rotatable bonds is 0. The molecule has 0 N–H and O–H groups in total. The summed E-state index contributed by atoms with van der Waals surface area (Å²) in [6.45, 7) is 17.3. The molecule has 4 rings (SSSR count). The van der Waals surface area contributed by atoms with E-state index in [9.17, 15) is 0 Å². The van der Waals surface area contributed by atoms with Crippen molar-refractivity contribution in [3.8, 4) is 0 Å². The van der Waals surface area contributed by atoms with Crippen LogP contribution in [0.3, 0.4) is 0 Å². The van der Waals surface area contributed by atoms with Crippen LogP contribution in [0.5, 0.6) is 0 Å². The van der Waals surface area contributed by atoms with Gasteiger partial charge in [-0.05, 0) is 0 Å². The van der Waals surface area contributed by atoms with Crippen LogP contribution >= 0.6 is 24.8 Å². The van der Waals surface area contributed by atoms with Gasteiger partial charge < -0.3 is 13.8 Å².